The van der Waals surface area contributed by atoms with Gasteiger partial charge in [0.25, 0.3) is 0 Å². The summed E-state index contributed by atoms with van der Waals surface area (Å²) in [6.45, 7) is 5.67. The minimum Gasteiger partial charge on any atom is -0.106 e. The predicted octanol–water partition coefficient (Wildman–Crippen LogP) is 2.78. The van der Waals surface area contributed by atoms with Gasteiger partial charge in [-0.2, -0.15) is 0 Å². The lowest BCUT2D eigenvalue weighted by Gasteiger charge is -2.01. The summed E-state index contributed by atoms with van der Waals surface area (Å²) in [6, 6.07) is 0. The minimum absolute atomic E-state index is 0.328. The van der Waals surface area contributed by atoms with E-state index in [1.807, 2.05) is 19.1 Å². The molecule has 0 heterocycles. The molecule has 0 heteroatoms. The molecule has 0 aromatic heterocycles. The summed E-state index contributed by atoms with van der Waals surface area (Å²) in [5.74, 6) is 8.28. The average molecular weight is 158 g/mol. The largest absolute Gasteiger partial charge is 0.106 e. The maximum atomic E-state index is 5.03. The minimum atomic E-state index is 0.328. The molecular weight excluding hydrogens is 144 g/mol. The summed E-state index contributed by atoms with van der Waals surface area (Å²) >= 11 is 0. The van der Waals surface area contributed by atoms with E-state index in [9.17, 15) is 0 Å². The third-order valence-corrected chi connectivity index (χ3v) is 1.46. The Bertz CT molecular complexity index is 239. The van der Waals surface area contributed by atoms with Gasteiger partial charge in [-0.3, -0.25) is 0 Å². The summed E-state index contributed by atoms with van der Waals surface area (Å²) in [7, 11) is 0. The van der Waals surface area contributed by atoms with Crippen molar-refractivity contribution in [3.63, 3.8) is 0 Å². The molecule has 0 bridgehead atoms. The molecule has 0 radical (unpaired) electrons. The van der Waals surface area contributed by atoms with Crippen LogP contribution >= 0.6 is 0 Å². The van der Waals surface area contributed by atoms with E-state index in [-0.39, 0.29) is 0 Å². The van der Waals surface area contributed by atoms with Gasteiger partial charge in [0.1, 0.15) is 0 Å². The first-order valence-corrected chi connectivity index (χ1v) is 4.03. The molecule has 0 fully saturated rings. The van der Waals surface area contributed by atoms with Crippen molar-refractivity contribution < 1.29 is 0 Å². The Kier molecular flexibility index (Phi) is 6.81. The lowest BCUT2D eigenvalue weighted by molar-refractivity contribution is 0.701. The van der Waals surface area contributed by atoms with Crippen molar-refractivity contribution in [3.8, 4) is 24.2 Å². The molecule has 0 aliphatic carbocycles. The van der Waals surface area contributed by atoms with Crippen LogP contribution < -0.4 is 0 Å². The summed E-state index contributed by atoms with van der Waals surface area (Å²) in [4.78, 5) is 0. The second-order valence-corrected chi connectivity index (χ2v) is 2.44. The van der Waals surface area contributed by atoms with Crippen LogP contribution in [0.1, 0.15) is 19.8 Å². The highest BCUT2D eigenvalue weighted by Gasteiger charge is 1.98. The fourth-order valence-corrected chi connectivity index (χ4v) is 0.859. The molecule has 12 heavy (non-hydrogen) atoms. The smallest absolute Gasteiger partial charge is 0.0281 e. The van der Waals surface area contributed by atoms with Crippen molar-refractivity contribution in [2.24, 2.45) is 5.92 Å². The van der Waals surface area contributed by atoms with E-state index in [2.05, 4.69) is 30.4 Å². The molecule has 0 saturated carbocycles. The molecule has 0 spiro atoms. The Hall–Kier alpha value is -1.40. The van der Waals surface area contributed by atoms with Gasteiger partial charge in [0.2, 0.25) is 0 Å². The molecule has 0 saturated heterocycles. The Morgan fingerprint density at radius 1 is 1.50 bits per heavy atom. The van der Waals surface area contributed by atoms with E-state index < -0.39 is 0 Å². The molecule has 0 aliphatic heterocycles. The Morgan fingerprint density at radius 2 is 2.25 bits per heavy atom. The van der Waals surface area contributed by atoms with E-state index in [1.54, 1.807) is 0 Å². The summed E-state index contributed by atoms with van der Waals surface area (Å²) in [5.41, 5.74) is 0. The van der Waals surface area contributed by atoms with Gasteiger partial charge in [0, 0.05) is 5.92 Å². The van der Waals surface area contributed by atoms with Crippen LogP contribution in [0.3, 0.4) is 0 Å². The van der Waals surface area contributed by atoms with Crippen LogP contribution in [0.4, 0.5) is 0 Å². The second-order valence-electron chi connectivity index (χ2n) is 2.44. The van der Waals surface area contributed by atoms with Crippen LogP contribution in [0.5, 0.6) is 0 Å². The van der Waals surface area contributed by atoms with Crippen LogP contribution in [0, 0.1) is 30.1 Å². The lowest BCUT2D eigenvalue weighted by Crippen LogP contribution is -1.92. The van der Waals surface area contributed by atoms with E-state index in [0.29, 0.717) is 5.92 Å². The van der Waals surface area contributed by atoms with Gasteiger partial charge < -0.3 is 0 Å². The number of terminal acetylenes is 1. The van der Waals surface area contributed by atoms with E-state index in [1.165, 1.54) is 0 Å². The van der Waals surface area contributed by atoms with E-state index >= 15 is 0 Å². The van der Waals surface area contributed by atoms with Gasteiger partial charge in [-0.1, -0.05) is 24.1 Å². The first kappa shape index (κ1) is 10.6. The fraction of sp³-hybridized carbons (Fsp3) is 0.333. The van der Waals surface area contributed by atoms with E-state index in [0.717, 1.165) is 12.8 Å². The van der Waals surface area contributed by atoms with Gasteiger partial charge >= 0.3 is 0 Å². The highest BCUT2D eigenvalue weighted by molar-refractivity contribution is 5.23. The monoisotopic (exact) mass is 158 g/mol. The van der Waals surface area contributed by atoms with Crippen LogP contribution in [-0.2, 0) is 0 Å². The lowest BCUT2D eigenvalue weighted by atomic mass is 10.0. The average Bonchev–Trinajstić information content (AvgIpc) is 2.10. The van der Waals surface area contributed by atoms with Gasteiger partial charge in [-0.15, -0.1) is 13.0 Å². The Labute approximate surface area is 75.4 Å². The van der Waals surface area contributed by atoms with Crippen molar-refractivity contribution in [1.82, 2.24) is 0 Å². The van der Waals surface area contributed by atoms with Gasteiger partial charge in [-0.05, 0) is 31.6 Å². The molecule has 62 valence electrons. The molecule has 0 amide bonds. The first-order valence-electron chi connectivity index (χ1n) is 4.03. The zero-order valence-electron chi connectivity index (χ0n) is 7.51. The fourth-order valence-electron chi connectivity index (χ4n) is 0.859. The van der Waals surface area contributed by atoms with Crippen LogP contribution in [0.2, 0.25) is 0 Å². The maximum Gasteiger partial charge on any atom is 0.0281 e. The third kappa shape index (κ3) is 5.39. The summed E-state index contributed by atoms with van der Waals surface area (Å²) in [5, 5.41) is 0. The quantitative estimate of drug-likeness (QED) is 0.436. The third-order valence-electron chi connectivity index (χ3n) is 1.46. The summed E-state index contributed by atoms with van der Waals surface area (Å²) < 4.78 is 0. The van der Waals surface area contributed by atoms with Gasteiger partial charge in [0.15, 0.2) is 0 Å². The molecule has 0 aromatic rings. The number of rotatable bonds is 4. The van der Waals surface area contributed by atoms with Crippen molar-refractivity contribution in [2.45, 2.75) is 19.8 Å². The Balaban J connectivity index is 4.04. The highest BCUT2D eigenvalue weighted by atomic mass is 14.0. The molecule has 1 atom stereocenters. The van der Waals surface area contributed by atoms with Gasteiger partial charge in [-0.25, -0.2) is 0 Å². The van der Waals surface area contributed by atoms with Crippen molar-refractivity contribution >= 4 is 0 Å². The van der Waals surface area contributed by atoms with Crippen LogP contribution in [0.15, 0.2) is 24.8 Å². The molecular formula is C12H14. The maximum absolute atomic E-state index is 5.03. The van der Waals surface area contributed by atoms with Crippen molar-refractivity contribution in [2.75, 3.05) is 0 Å². The number of hydrogen-bond donors (Lipinski definition) is 0. The standard InChI is InChI=1S/C12H14/c1-4-7-10-12(9-6-3)11-8-5-2/h1,5-6,8,12H,3,9,11H2,2H3. The zero-order valence-corrected chi connectivity index (χ0v) is 7.51. The molecule has 0 aliphatic rings. The normalized spacial score (nSPS) is 11.3. The number of allylic oxidation sites excluding steroid dienone is 3. The van der Waals surface area contributed by atoms with Crippen LogP contribution in [0.25, 0.3) is 0 Å². The molecule has 1 unspecified atom stereocenters. The Morgan fingerprint density at radius 3 is 2.75 bits per heavy atom. The molecule has 0 rings (SSSR count). The zero-order chi connectivity index (χ0) is 9.23. The highest BCUT2D eigenvalue weighted by Crippen LogP contribution is 2.08. The predicted molar refractivity (Wildman–Crippen MR) is 54.3 cm³/mol. The van der Waals surface area contributed by atoms with Crippen LogP contribution in [-0.4, -0.2) is 0 Å². The van der Waals surface area contributed by atoms with Crippen molar-refractivity contribution in [1.29, 1.82) is 0 Å². The summed E-state index contributed by atoms with van der Waals surface area (Å²) in [6.07, 6.45) is 12.9. The van der Waals surface area contributed by atoms with Gasteiger partial charge in [0.05, 0.1) is 0 Å². The molecule has 0 N–H and O–H groups in total. The van der Waals surface area contributed by atoms with Crippen molar-refractivity contribution in [3.05, 3.63) is 24.8 Å². The second kappa shape index (κ2) is 7.70. The molecule has 0 aromatic carbocycles. The first-order chi connectivity index (χ1) is 5.85. The topological polar surface area (TPSA) is 0 Å². The van der Waals surface area contributed by atoms with E-state index in [4.69, 9.17) is 6.42 Å². The molecule has 0 nitrogen and oxygen atoms in total. The SMILES string of the molecule is C#CC#CC(CC=C)CC=CC. The number of hydrogen-bond acceptors (Lipinski definition) is 0.